The van der Waals surface area contributed by atoms with Gasteiger partial charge in [-0.2, -0.15) is 0 Å². The quantitative estimate of drug-likeness (QED) is 0.872. The van der Waals surface area contributed by atoms with Gasteiger partial charge in [0.25, 0.3) is 6.54 Å². The van der Waals surface area contributed by atoms with Gasteiger partial charge in [-0.05, 0) is 18.4 Å². The Morgan fingerprint density at radius 3 is 3.39 bits per heavy atom. The molecule has 0 aliphatic carbocycles. The molecule has 120 valence electrons. The van der Waals surface area contributed by atoms with Gasteiger partial charge in [-0.25, -0.2) is 16.5 Å². The van der Waals surface area contributed by atoms with Gasteiger partial charge in [-0.3, -0.25) is 4.79 Å². The summed E-state index contributed by atoms with van der Waals surface area (Å²) in [6.07, 6.45) is 1.15. The van der Waals surface area contributed by atoms with E-state index in [-0.39, 0.29) is 31.0 Å². The fourth-order valence-electron chi connectivity index (χ4n) is 2.74. The van der Waals surface area contributed by atoms with E-state index >= 15 is 0 Å². The molecule has 23 heavy (non-hydrogen) atoms. The van der Waals surface area contributed by atoms with Gasteiger partial charge in [-0.15, -0.1) is 0 Å². The van der Waals surface area contributed by atoms with E-state index in [4.69, 9.17) is 16.2 Å². The highest BCUT2D eigenvalue weighted by molar-refractivity contribution is 5.87. The topological polar surface area (TPSA) is 69.5 Å². The number of rotatable bonds is 3. The molecular formula is C16H20N6O. The minimum absolute atomic E-state index is 0.0482. The molecule has 3 heterocycles. The average molecular weight is 319 g/mol. The largest absolute Gasteiger partial charge is 0.354 e. The third kappa shape index (κ3) is 2.84. The van der Waals surface area contributed by atoms with Gasteiger partial charge in [0.15, 0.2) is 0 Å². The summed E-state index contributed by atoms with van der Waals surface area (Å²) in [6, 6.07) is 0.429. The van der Waals surface area contributed by atoms with Crippen LogP contribution in [0.1, 0.15) is 22.9 Å². The lowest BCUT2D eigenvalue weighted by Gasteiger charge is -2.41. The van der Waals surface area contributed by atoms with Crippen LogP contribution >= 0.6 is 0 Å². The molecular weight excluding hydrogens is 292 g/mol. The van der Waals surface area contributed by atoms with Crippen molar-refractivity contribution in [2.75, 3.05) is 31.5 Å². The minimum Gasteiger partial charge on any atom is -0.354 e. The zero-order chi connectivity index (χ0) is 22.3. The van der Waals surface area contributed by atoms with E-state index in [1.165, 1.54) is 11.1 Å². The number of likely N-dealkylation sites (N-methyl/N-ethyl adjacent to an activating group) is 1. The third-order valence-electron chi connectivity index (χ3n) is 3.99. The van der Waals surface area contributed by atoms with Crippen molar-refractivity contribution in [3.8, 4) is 0 Å². The summed E-state index contributed by atoms with van der Waals surface area (Å²) in [7, 11) is 0. The van der Waals surface area contributed by atoms with Crippen molar-refractivity contribution in [1.29, 1.82) is 0 Å². The van der Waals surface area contributed by atoms with Crippen LogP contribution in [-0.2, 0) is 4.79 Å². The summed E-state index contributed by atoms with van der Waals surface area (Å²) in [4.78, 5) is 28.3. The van der Waals surface area contributed by atoms with E-state index in [0.29, 0.717) is 5.39 Å². The summed E-state index contributed by atoms with van der Waals surface area (Å²) in [5.74, 6) is -1.63. The summed E-state index contributed by atoms with van der Waals surface area (Å²) in [6.45, 7) is 1.17. The predicted molar refractivity (Wildman–Crippen MR) is 87.9 cm³/mol. The number of amides is 1. The number of fused-ring (bicyclic) bond motifs is 1. The van der Waals surface area contributed by atoms with Crippen molar-refractivity contribution < 1.29 is 14.4 Å². The number of aromatic nitrogens is 3. The predicted octanol–water partition coefficient (Wildman–Crippen LogP) is 1.55. The lowest BCUT2D eigenvalue weighted by atomic mass is 9.92. The second-order valence-corrected chi connectivity index (χ2v) is 5.38. The van der Waals surface area contributed by atoms with Crippen molar-refractivity contribution in [1.82, 2.24) is 19.9 Å². The molecule has 2 aromatic heterocycles. The normalized spacial score (nSPS) is 26.7. The number of aromatic amines is 1. The van der Waals surface area contributed by atoms with Gasteiger partial charge in [-0.1, -0.05) is 6.85 Å². The van der Waals surface area contributed by atoms with Gasteiger partial charge in [0.2, 0.25) is 0 Å². The van der Waals surface area contributed by atoms with Crippen LogP contribution in [0.3, 0.4) is 0 Å². The number of nitrogens with one attached hydrogen (secondary N) is 1. The van der Waals surface area contributed by atoms with Crippen molar-refractivity contribution in [2.45, 2.75) is 19.3 Å². The van der Waals surface area contributed by atoms with Crippen molar-refractivity contribution in [3.05, 3.63) is 30.0 Å². The zero-order valence-corrected chi connectivity index (χ0v) is 12.3. The van der Waals surface area contributed by atoms with Gasteiger partial charge >= 0.3 is 5.91 Å². The van der Waals surface area contributed by atoms with Crippen LogP contribution in [0.4, 0.5) is 5.82 Å². The van der Waals surface area contributed by atoms with Gasteiger partial charge in [0, 0.05) is 34.5 Å². The Hall–Kier alpha value is -2.62. The van der Waals surface area contributed by atoms with Crippen LogP contribution in [0.25, 0.3) is 15.9 Å². The SMILES string of the molecule is [2H]c1nc(N([C@H]2CN(C(=O)C[N+]#[C-])CC[C@H]2C([2H])([2H])[2H])C([2H])([2H])[2H])c2cc[nH]c2n1. The van der Waals surface area contributed by atoms with Crippen LogP contribution in [-0.4, -0.2) is 58.4 Å². The number of carbonyl (C=O) groups excluding carboxylic acids is 1. The van der Waals surface area contributed by atoms with Crippen LogP contribution in [0.5, 0.6) is 0 Å². The second kappa shape index (κ2) is 6.24. The zero-order valence-electron chi connectivity index (χ0n) is 19.3. The molecule has 3 rings (SSSR count). The third-order valence-corrected chi connectivity index (χ3v) is 3.99. The highest BCUT2D eigenvalue weighted by Gasteiger charge is 2.33. The highest BCUT2D eigenvalue weighted by atomic mass is 16.2. The van der Waals surface area contributed by atoms with Crippen molar-refractivity contribution >= 4 is 22.8 Å². The molecule has 1 saturated heterocycles. The molecule has 7 nitrogen and oxygen atoms in total. The first-order valence-electron chi connectivity index (χ1n) is 10.7. The molecule has 2 aromatic rings. The van der Waals surface area contributed by atoms with Crippen molar-refractivity contribution in [3.63, 3.8) is 0 Å². The number of likely N-dealkylation sites (tertiary alicyclic amines) is 1. The fraction of sp³-hybridized carbons (Fsp3) is 0.500. The minimum atomic E-state index is -2.80. The Morgan fingerprint density at radius 1 is 1.70 bits per heavy atom. The Labute approximate surface area is 145 Å². The van der Waals surface area contributed by atoms with Crippen molar-refractivity contribution in [2.24, 2.45) is 5.92 Å². The second-order valence-electron chi connectivity index (χ2n) is 5.38. The summed E-state index contributed by atoms with van der Waals surface area (Å²) >= 11 is 0. The van der Waals surface area contributed by atoms with E-state index in [1.54, 1.807) is 6.07 Å². The van der Waals surface area contributed by atoms with Crippen LogP contribution in [0.15, 0.2) is 18.6 Å². The number of hydrogen-bond donors (Lipinski definition) is 1. The molecule has 0 unspecified atom stereocenters. The van der Waals surface area contributed by atoms with Crippen LogP contribution in [0, 0.1) is 12.5 Å². The lowest BCUT2D eigenvalue weighted by Crippen LogP contribution is -2.53. The number of carbonyl (C=O) groups is 1. The molecule has 2 atom stereocenters. The van der Waals surface area contributed by atoms with Crippen LogP contribution in [0.2, 0.25) is 0 Å². The lowest BCUT2D eigenvalue weighted by molar-refractivity contribution is -0.130. The summed E-state index contributed by atoms with van der Waals surface area (Å²) < 4.78 is 56.0. The number of piperidine rings is 1. The molecule has 0 aromatic carbocycles. The standard InChI is InChI=1S/C16H20N6O/c1-11-5-7-22(14(23)8-17-2)9-13(11)21(3)16-12-4-6-18-15(12)19-10-20-16/h4,6,10-11,13H,5,7-9H2,1,3H3,(H,18,19,20)/t11-,13+/m1/s1/i1D3,3D3,10D. The first-order valence-corrected chi connectivity index (χ1v) is 7.15. The molecule has 0 radical (unpaired) electrons. The molecule has 1 N–H and O–H groups in total. The Morgan fingerprint density at radius 2 is 2.61 bits per heavy atom. The maximum atomic E-state index is 12.3. The number of hydrogen-bond acceptors (Lipinski definition) is 4. The number of nitrogens with zero attached hydrogens (tertiary/aromatic N) is 5. The first-order chi connectivity index (χ1) is 13.9. The maximum Gasteiger partial charge on any atom is 0.302 e. The van der Waals surface area contributed by atoms with E-state index in [1.807, 2.05) is 0 Å². The maximum absolute atomic E-state index is 12.3. The summed E-state index contributed by atoms with van der Waals surface area (Å²) in [5.41, 5.74) is 0.251. The Balaban J connectivity index is 2.14. The molecule has 0 spiro atoms. The number of H-pyrrole nitrogens is 1. The van der Waals surface area contributed by atoms with Gasteiger partial charge < -0.3 is 19.6 Å². The van der Waals surface area contributed by atoms with Gasteiger partial charge in [0.1, 0.15) is 19.1 Å². The molecule has 1 aliphatic rings. The molecule has 0 saturated carbocycles. The van der Waals surface area contributed by atoms with Crippen LogP contribution < -0.4 is 4.90 Å². The molecule has 1 aliphatic heterocycles. The first kappa shape index (κ1) is 8.87. The molecule has 1 fully saturated rings. The average Bonchev–Trinajstić information content (AvgIpc) is 3.08. The molecule has 7 heteroatoms. The smallest absolute Gasteiger partial charge is 0.302 e. The number of anilines is 1. The fourth-order valence-corrected chi connectivity index (χ4v) is 2.74. The monoisotopic (exact) mass is 319 g/mol. The summed E-state index contributed by atoms with van der Waals surface area (Å²) in [5, 5.41) is 0.330. The highest BCUT2D eigenvalue weighted by Crippen LogP contribution is 2.28. The Kier molecular flexibility index (Phi) is 2.41. The van der Waals surface area contributed by atoms with E-state index in [9.17, 15) is 4.79 Å². The Bertz CT molecular complexity index is 979. The molecule has 0 bridgehead atoms. The van der Waals surface area contributed by atoms with Gasteiger partial charge in [0.05, 0.1) is 11.4 Å². The molecule has 1 amide bonds. The van der Waals surface area contributed by atoms with E-state index < -0.39 is 44.5 Å². The van der Waals surface area contributed by atoms with E-state index in [0.717, 1.165) is 4.90 Å². The van der Waals surface area contributed by atoms with E-state index in [2.05, 4.69) is 19.8 Å².